The van der Waals surface area contributed by atoms with Crippen molar-refractivity contribution in [3.63, 3.8) is 0 Å². The number of aromatic nitrogens is 1. The summed E-state index contributed by atoms with van der Waals surface area (Å²) in [5.74, 6) is 0.0347. The summed E-state index contributed by atoms with van der Waals surface area (Å²) in [6.45, 7) is 3.88. The van der Waals surface area contributed by atoms with Crippen molar-refractivity contribution in [2.75, 3.05) is 17.2 Å². The number of thiazole rings is 1. The summed E-state index contributed by atoms with van der Waals surface area (Å²) in [6.07, 6.45) is 5.26. The first-order chi connectivity index (χ1) is 19.8. The fourth-order valence-electron chi connectivity index (χ4n) is 6.09. The highest BCUT2D eigenvalue weighted by molar-refractivity contribution is 8.30. The van der Waals surface area contributed by atoms with Gasteiger partial charge in [0.05, 0.1) is 4.53 Å². The molecular formula is C30H29N3O4S4. The maximum Gasteiger partial charge on any atom is 0.323 e. The van der Waals surface area contributed by atoms with Gasteiger partial charge in [0, 0.05) is 34.8 Å². The Labute approximate surface area is 255 Å². The average molecular weight is 624 g/mol. The number of hydrogen-bond acceptors (Lipinski definition) is 8. The fourth-order valence-corrected chi connectivity index (χ4v) is 9.39. The molecular weight excluding hydrogens is 595 g/mol. The number of anilines is 2. The number of nitrogens with zero attached hydrogens (tertiary/aromatic N) is 3. The number of carboxylic acid groups (broad SMARTS) is 1. The van der Waals surface area contributed by atoms with Crippen molar-refractivity contribution >= 4 is 85.6 Å². The molecule has 1 aliphatic carbocycles. The molecule has 1 aromatic heterocycles. The van der Waals surface area contributed by atoms with Crippen LogP contribution in [0.15, 0.2) is 52.2 Å². The number of carboxylic acids is 1. The van der Waals surface area contributed by atoms with Crippen molar-refractivity contribution < 1.29 is 14.7 Å². The van der Waals surface area contributed by atoms with Gasteiger partial charge >= 0.3 is 5.97 Å². The van der Waals surface area contributed by atoms with Gasteiger partial charge in [-0.1, -0.05) is 43.4 Å². The third-order valence-corrected chi connectivity index (χ3v) is 11.4. The van der Waals surface area contributed by atoms with Crippen LogP contribution in [0.5, 0.6) is 0 Å². The Bertz CT molecular complexity index is 1740. The summed E-state index contributed by atoms with van der Waals surface area (Å²) >= 11 is 9.46. The maximum atomic E-state index is 13.4. The van der Waals surface area contributed by atoms with Crippen LogP contribution in [-0.2, 0) is 16.1 Å². The summed E-state index contributed by atoms with van der Waals surface area (Å²) in [5, 5.41) is 9.52. The Hall–Kier alpha value is -2.86. The zero-order chi connectivity index (χ0) is 28.8. The number of thiocarbonyl (C=S) groups is 1. The van der Waals surface area contributed by atoms with Crippen LogP contribution in [0.3, 0.4) is 0 Å². The van der Waals surface area contributed by atoms with E-state index in [-0.39, 0.29) is 5.91 Å². The molecule has 2 aliphatic heterocycles. The van der Waals surface area contributed by atoms with Crippen molar-refractivity contribution in [2.24, 2.45) is 0 Å². The lowest BCUT2D eigenvalue weighted by Gasteiger charge is -2.27. The molecule has 3 aliphatic rings. The van der Waals surface area contributed by atoms with Crippen LogP contribution in [-0.4, -0.2) is 49.1 Å². The molecule has 41 heavy (non-hydrogen) atoms. The molecule has 2 atom stereocenters. The molecule has 1 saturated carbocycles. The molecule has 3 heterocycles. The van der Waals surface area contributed by atoms with Crippen LogP contribution in [0, 0.1) is 0 Å². The predicted molar refractivity (Wildman–Crippen MR) is 172 cm³/mol. The monoisotopic (exact) mass is 623 g/mol. The van der Waals surface area contributed by atoms with Crippen LogP contribution in [0.4, 0.5) is 11.4 Å². The smallest absolute Gasteiger partial charge is 0.323 e. The van der Waals surface area contributed by atoms with Crippen LogP contribution < -0.4 is 19.7 Å². The standard InChI is InChI=1S/C30H29N3O4S4/c1-3-31-28(37)26(41-30(31)38)29-32(16-25(34)35)27(36)24(40-29)15-17-8-13-23-21(14-17)20-6-5-7-22(20)33(23)18-9-11-19(12-10-18)39-4-2/h8-15,20,22H,3-7,16H2,1-2H3,(H,34,35)/b24-15-,29-26+. The lowest BCUT2D eigenvalue weighted by molar-refractivity contribution is -0.137. The number of hydrogen-bond donors (Lipinski definition) is 1. The third-order valence-electron chi connectivity index (χ3n) is 7.81. The van der Waals surface area contributed by atoms with Gasteiger partial charge in [-0.25, -0.2) is 0 Å². The largest absolute Gasteiger partial charge is 0.480 e. The van der Waals surface area contributed by atoms with Gasteiger partial charge in [0.15, 0.2) is 0 Å². The van der Waals surface area contributed by atoms with E-state index in [1.54, 1.807) is 0 Å². The molecule has 1 amide bonds. The Morgan fingerprint density at radius 3 is 2.61 bits per heavy atom. The average Bonchev–Trinajstić information content (AvgIpc) is 3.68. The van der Waals surface area contributed by atoms with E-state index in [9.17, 15) is 19.5 Å². The molecule has 1 saturated heterocycles. The Morgan fingerprint density at radius 2 is 1.93 bits per heavy atom. The molecule has 212 valence electrons. The van der Waals surface area contributed by atoms with Gasteiger partial charge in [-0.2, -0.15) is 0 Å². The van der Waals surface area contributed by atoms with Crippen LogP contribution in [0.1, 0.15) is 50.2 Å². The quantitative estimate of drug-likeness (QED) is 0.300. The van der Waals surface area contributed by atoms with Crippen molar-refractivity contribution in [1.29, 1.82) is 0 Å². The summed E-state index contributed by atoms with van der Waals surface area (Å²) < 4.78 is 2.33. The highest BCUT2D eigenvalue weighted by Gasteiger charge is 2.42. The van der Waals surface area contributed by atoms with Crippen molar-refractivity contribution in [3.05, 3.63) is 73.1 Å². The van der Waals surface area contributed by atoms with Crippen LogP contribution in [0.25, 0.3) is 11.0 Å². The lowest BCUT2D eigenvalue weighted by atomic mass is 9.96. The first-order valence-corrected chi connectivity index (χ1v) is 16.7. The number of carbonyl (C=O) groups is 2. The zero-order valence-corrected chi connectivity index (χ0v) is 25.9. The topological polar surface area (TPSA) is 82.8 Å². The third kappa shape index (κ3) is 5.07. The Kier molecular flexibility index (Phi) is 7.88. The van der Waals surface area contributed by atoms with E-state index in [4.69, 9.17) is 12.2 Å². The second-order valence-electron chi connectivity index (χ2n) is 10.2. The van der Waals surface area contributed by atoms with Gasteiger partial charge in [0.25, 0.3) is 11.5 Å². The summed E-state index contributed by atoms with van der Waals surface area (Å²) in [7, 11) is 0. The van der Waals surface area contributed by atoms with E-state index in [1.807, 2.05) is 30.8 Å². The number of aliphatic carboxylic acids is 1. The summed E-state index contributed by atoms with van der Waals surface area (Å²) in [4.78, 5) is 43.6. The van der Waals surface area contributed by atoms with E-state index in [2.05, 4.69) is 48.2 Å². The van der Waals surface area contributed by atoms with Gasteiger partial charge < -0.3 is 10.0 Å². The maximum absolute atomic E-state index is 13.4. The normalized spacial score (nSPS) is 21.7. The van der Waals surface area contributed by atoms with Crippen LogP contribution >= 0.6 is 47.1 Å². The number of amides is 1. The second kappa shape index (κ2) is 11.4. The number of thioether (sulfide) groups is 2. The van der Waals surface area contributed by atoms with E-state index < -0.39 is 18.1 Å². The molecule has 2 aromatic carbocycles. The van der Waals surface area contributed by atoms with Gasteiger partial charge in [0.1, 0.15) is 20.4 Å². The van der Waals surface area contributed by atoms with Gasteiger partial charge in [-0.15, -0.1) is 23.1 Å². The first kappa shape index (κ1) is 28.3. The SMILES string of the molecule is CCSc1ccc(N2c3ccc(/C=c4\s/c(=C5/SC(=S)N(CC)C5=O)n(CC(=O)O)c4=O)cc3C3CCCC32)cc1. The molecule has 7 nitrogen and oxygen atoms in total. The van der Waals surface area contributed by atoms with E-state index in [0.717, 1.165) is 47.3 Å². The number of rotatable bonds is 7. The lowest BCUT2D eigenvalue weighted by Crippen LogP contribution is -2.35. The first-order valence-electron chi connectivity index (χ1n) is 13.7. The molecule has 2 unspecified atom stereocenters. The van der Waals surface area contributed by atoms with Gasteiger partial charge in [0.2, 0.25) is 0 Å². The predicted octanol–water partition coefficient (Wildman–Crippen LogP) is 4.71. The van der Waals surface area contributed by atoms with E-state index in [1.165, 1.54) is 37.7 Å². The van der Waals surface area contributed by atoms with Crippen molar-refractivity contribution in [3.8, 4) is 0 Å². The molecule has 6 rings (SSSR count). The molecule has 0 bridgehead atoms. The number of benzene rings is 2. The van der Waals surface area contributed by atoms with Crippen molar-refractivity contribution in [1.82, 2.24) is 9.47 Å². The minimum atomic E-state index is -1.14. The molecule has 11 heteroatoms. The highest BCUT2D eigenvalue weighted by Crippen LogP contribution is 2.52. The minimum absolute atomic E-state index is 0.291. The van der Waals surface area contributed by atoms with E-state index >= 15 is 0 Å². The van der Waals surface area contributed by atoms with Gasteiger partial charge in [-0.05, 0) is 79.1 Å². The number of fused-ring (bicyclic) bond motifs is 3. The zero-order valence-electron chi connectivity index (χ0n) is 22.7. The van der Waals surface area contributed by atoms with E-state index in [0.29, 0.717) is 36.9 Å². The molecule has 1 N–H and O–H groups in total. The van der Waals surface area contributed by atoms with Gasteiger partial charge in [-0.3, -0.25) is 23.9 Å². The van der Waals surface area contributed by atoms with Crippen LogP contribution in [0.2, 0.25) is 0 Å². The summed E-state index contributed by atoms with van der Waals surface area (Å²) in [5.41, 5.74) is 4.17. The van der Waals surface area contributed by atoms with Crippen molar-refractivity contribution in [2.45, 2.75) is 56.5 Å². The molecule has 2 fully saturated rings. The molecule has 3 aromatic rings. The second-order valence-corrected chi connectivity index (χ2v) is 14.2. The molecule has 0 spiro atoms. The summed E-state index contributed by atoms with van der Waals surface area (Å²) in [6, 6.07) is 15.6. The highest BCUT2D eigenvalue weighted by atomic mass is 32.2. The molecule has 0 radical (unpaired) electrons. The number of carbonyl (C=O) groups excluding carboxylic acids is 1. The Balaban J connectivity index is 1.43. The minimum Gasteiger partial charge on any atom is -0.480 e. The fraction of sp³-hybridized carbons (Fsp3) is 0.333. The Morgan fingerprint density at radius 1 is 1.15 bits per heavy atom.